The first kappa shape index (κ1) is 17.0. The van der Waals surface area contributed by atoms with Gasteiger partial charge in [-0.2, -0.15) is 0 Å². The van der Waals surface area contributed by atoms with Crippen molar-refractivity contribution in [3.05, 3.63) is 28.2 Å². The van der Waals surface area contributed by atoms with Crippen LogP contribution >= 0.6 is 23.2 Å². The van der Waals surface area contributed by atoms with E-state index in [2.05, 4.69) is 11.6 Å². The maximum atomic E-state index is 12.6. The van der Waals surface area contributed by atoms with Crippen molar-refractivity contribution in [1.82, 2.24) is 4.72 Å². The van der Waals surface area contributed by atoms with Crippen LogP contribution in [0.25, 0.3) is 0 Å². The summed E-state index contributed by atoms with van der Waals surface area (Å²) in [5.41, 5.74) is -0.809. The Morgan fingerprint density at radius 3 is 2.52 bits per heavy atom. The zero-order chi connectivity index (χ0) is 15.7. The summed E-state index contributed by atoms with van der Waals surface area (Å²) in [7, 11) is -3.83. The number of hydrogen-bond donors (Lipinski definition) is 2. The van der Waals surface area contributed by atoms with Crippen LogP contribution in [0, 0.1) is 5.92 Å². The third kappa shape index (κ3) is 3.71. The Labute approximate surface area is 135 Å². The Hall–Kier alpha value is -0.330. The van der Waals surface area contributed by atoms with Crippen molar-refractivity contribution in [3.8, 4) is 0 Å². The Morgan fingerprint density at radius 2 is 1.95 bits per heavy atom. The van der Waals surface area contributed by atoms with Crippen LogP contribution in [0.1, 0.15) is 32.6 Å². The van der Waals surface area contributed by atoms with Crippen LogP contribution in [0.5, 0.6) is 0 Å². The van der Waals surface area contributed by atoms with Gasteiger partial charge in [-0.15, -0.1) is 0 Å². The third-order valence-corrected chi connectivity index (χ3v) is 6.64. The molecule has 1 saturated carbocycles. The van der Waals surface area contributed by atoms with E-state index in [1.54, 1.807) is 0 Å². The van der Waals surface area contributed by atoms with Gasteiger partial charge in [0.2, 0.25) is 10.0 Å². The van der Waals surface area contributed by atoms with Crippen molar-refractivity contribution in [2.24, 2.45) is 5.92 Å². The second-order valence-corrected chi connectivity index (χ2v) is 8.21. The highest BCUT2D eigenvalue weighted by Crippen LogP contribution is 2.35. The van der Waals surface area contributed by atoms with Crippen molar-refractivity contribution in [1.29, 1.82) is 0 Å². The predicted octanol–water partition coefficient (Wildman–Crippen LogP) is 3.21. The maximum absolute atomic E-state index is 12.6. The first-order chi connectivity index (χ1) is 9.80. The van der Waals surface area contributed by atoms with Gasteiger partial charge in [-0.25, -0.2) is 13.1 Å². The van der Waals surface area contributed by atoms with Crippen LogP contribution in [-0.2, 0) is 10.0 Å². The molecule has 7 heteroatoms. The van der Waals surface area contributed by atoms with Gasteiger partial charge in [0.1, 0.15) is 4.90 Å². The smallest absolute Gasteiger partial charge is 0.242 e. The SMILES string of the molecule is CC1CCC(CO)(NS(=O)(=O)c2cccc(Cl)c2Cl)CC1. The standard InChI is InChI=1S/C14H19Cl2NO3S/c1-10-5-7-14(9-18,8-6-10)17-21(19,20)12-4-2-3-11(15)13(12)16/h2-4,10,17-18H,5-9H2,1H3. The quantitative estimate of drug-likeness (QED) is 0.874. The molecule has 0 amide bonds. The summed E-state index contributed by atoms with van der Waals surface area (Å²) in [5.74, 6) is 0.545. The topological polar surface area (TPSA) is 66.4 Å². The molecule has 1 aromatic rings. The molecule has 4 nitrogen and oxygen atoms in total. The predicted molar refractivity (Wildman–Crippen MR) is 84.2 cm³/mol. The van der Waals surface area contributed by atoms with Crippen molar-refractivity contribution in [3.63, 3.8) is 0 Å². The van der Waals surface area contributed by atoms with Gasteiger partial charge in [0.15, 0.2) is 0 Å². The second-order valence-electron chi connectivity index (χ2n) is 5.78. The van der Waals surface area contributed by atoms with E-state index in [0.717, 1.165) is 12.8 Å². The maximum Gasteiger partial charge on any atom is 0.242 e. The molecule has 0 unspecified atom stereocenters. The van der Waals surface area contributed by atoms with E-state index in [1.165, 1.54) is 18.2 Å². The van der Waals surface area contributed by atoms with Crippen molar-refractivity contribution < 1.29 is 13.5 Å². The van der Waals surface area contributed by atoms with E-state index >= 15 is 0 Å². The van der Waals surface area contributed by atoms with Crippen molar-refractivity contribution in [2.75, 3.05) is 6.61 Å². The molecule has 0 aliphatic heterocycles. The minimum absolute atomic E-state index is 0.00364. The number of aliphatic hydroxyl groups is 1. The molecule has 0 bridgehead atoms. The number of aliphatic hydroxyl groups excluding tert-OH is 1. The molecule has 1 aliphatic rings. The van der Waals surface area contributed by atoms with Crippen LogP contribution in [0.2, 0.25) is 10.0 Å². The fourth-order valence-electron chi connectivity index (χ4n) is 2.64. The summed E-state index contributed by atoms with van der Waals surface area (Å²) in [6, 6.07) is 4.48. The molecule has 0 radical (unpaired) electrons. The van der Waals surface area contributed by atoms with E-state index in [4.69, 9.17) is 23.2 Å². The molecule has 0 aromatic heterocycles. The van der Waals surface area contributed by atoms with Gasteiger partial charge in [0.25, 0.3) is 0 Å². The summed E-state index contributed by atoms with van der Waals surface area (Å²) in [6.45, 7) is 1.90. The third-order valence-electron chi connectivity index (χ3n) is 4.09. The molecule has 0 atom stereocenters. The molecule has 0 saturated heterocycles. The summed E-state index contributed by atoms with van der Waals surface area (Å²) >= 11 is 11.9. The number of halogens is 2. The minimum atomic E-state index is -3.83. The Morgan fingerprint density at radius 1 is 1.33 bits per heavy atom. The normalized spacial score (nSPS) is 26.8. The van der Waals surface area contributed by atoms with E-state index < -0.39 is 15.6 Å². The highest BCUT2D eigenvalue weighted by molar-refractivity contribution is 7.89. The zero-order valence-electron chi connectivity index (χ0n) is 11.8. The van der Waals surface area contributed by atoms with Crippen molar-refractivity contribution in [2.45, 2.75) is 43.0 Å². The molecular formula is C14H19Cl2NO3S. The summed E-state index contributed by atoms with van der Waals surface area (Å²) in [4.78, 5) is -0.0527. The van der Waals surface area contributed by atoms with E-state index in [1.807, 2.05) is 0 Å². The lowest BCUT2D eigenvalue weighted by Gasteiger charge is -2.38. The average molecular weight is 352 g/mol. The summed E-state index contributed by atoms with van der Waals surface area (Å²) < 4.78 is 27.7. The van der Waals surface area contributed by atoms with Crippen molar-refractivity contribution >= 4 is 33.2 Å². The molecule has 2 rings (SSSR count). The number of sulfonamides is 1. The van der Waals surface area contributed by atoms with Crippen LogP contribution in [0.4, 0.5) is 0 Å². The molecule has 0 heterocycles. The van der Waals surface area contributed by atoms with Crippen LogP contribution < -0.4 is 4.72 Å². The molecular weight excluding hydrogens is 333 g/mol. The summed E-state index contributed by atoms with van der Waals surface area (Å²) in [5, 5.41) is 9.87. The molecule has 1 fully saturated rings. The molecule has 118 valence electrons. The fourth-order valence-corrected chi connectivity index (χ4v) is 4.85. The lowest BCUT2D eigenvalue weighted by atomic mass is 9.78. The zero-order valence-corrected chi connectivity index (χ0v) is 14.1. The first-order valence-electron chi connectivity index (χ1n) is 6.88. The fraction of sp³-hybridized carbons (Fsp3) is 0.571. The molecule has 1 aliphatic carbocycles. The van der Waals surface area contributed by atoms with Gasteiger partial charge in [-0.05, 0) is 43.7 Å². The van der Waals surface area contributed by atoms with Crippen LogP contribution in [-0.4, -0.2) is 25.7 Å². The van der Waals surface area contributed by atoms with Gasteiger partial charge in [-0.1, -0.05) is 36.2 Å². The van der Waals surface area contributed by atoms with Crippen LogP contribution in [0.15, 0.2) is 23.1 Å². The number of nitrogens with one attached hydrogen (secondary N) is 1. The number of rotatable bonds is 4. The lowest BCUT2D eigenvalue weighted by Crippen LogP contribution is -2.53. The van der Waals surface area contributed by atoms with Gasteiger partial charge >= 0.3 is 0 Å². The number of hydrogen-bond acceptors (Lipinski definition) is 3. The lowest BCUT2D eigenvalue weighted by molar-refractivity contribution is 0.125. The van der Waals surface area contributed by atoms with Gasteiger partial charge in [0, 0.05) is 0 Å². The Balaban J connectivity index is 2.30. The average Bonchev–Trinajstić information content (AvgIpc) is 2.44. The first-order valence-corrected chi connectivity index (χ1v) is 9.12. The van der Waals surface area contributed by atoms with Gasteiger partial charge in [0.05, 0.1) is 22.2 Å². The number of benzene rings is 1. The largest absolute Gasteiger partial charge is 0.394 e. The second kappa shape index (κ2) is 6.42. The van der Waals surface area contributed by atoms with E-state index in [0.29, 0.717) is 18.8 Å². The molecule has 0 spiro atoms. The highest BCUT2D eigenvalue weighted by Gasteiger charge is 2.38. The molecule has 1 aromatic carbocycles. The van der Waals surface area contributed by atoms with E-state index in [-0.39, 0.29) is 21.5 Å². The minimum Gasteiger partial charge on any atom is -0.394 e. The molecule has 2 N–H and O–H groups in total. The highest BCUT2D eigenvalue weighted by atomic mass is 35.5. The summed E-state index contributed by atoms with van der Waals surface area (Å²) in [6.07, 6.45) is 2.99. The van der Waals surface area contributed by atoms with Gasteiger partial charge in [-0.3, -0.25) is 0 Å². The molecule has 21 heavy (non-hydrogen) atoms. The monoisotopic (exact) mass is 351 g/mol. The Kier molecular flexibility index (Phi) is 5.21. The van der Waals surface area contributed by atoms with E-state index in [9.17, 15) is 13.5 Å². The van der Waals surface area contributed by atoms with Crippen LogP contribution in [0.3, 0.4) is 0 Å². The van der Waals surface area contributed by atoms with Gasteiger partial charge < -0.3 is 5.11 Å². The Bertz CT molecular complexity index is 611.